The number of carbonyl (C=O) groups is 1. The largest absolute Gasteiger partial charge is 0.464 e. The molecule has 1 aliphatic rings. The Morgan fingerprint density at radius 1 is 1.21 bits per heavy atom. The van der Waals surface area contributed by atoms with Crippen LogP contribution in [0, 0.1) is 12.8 Å². The van der Waals surface area contributed by atoms with Crippen molar-refractivity contribution in [3.63, 3.8) is 0 Å². The molecule has 0 saturated carbocycles. The molecule has 1 saturated heterocycles. The quantitative estimate of drug-likeness (QED) is 0.252. The molecule has 0 radical (unpaired) electrons. The highest BCUT2D eigenvalue weighted by molar-refractivity contribution is 7.52. The summed E-state index contributed by atoms with van der Waals surface area (Å²) in [5, 5.41) is 2.67. The Labute approximate surface area is 223 Å². The van der Waals surface area contributed by atoms with Crippen LogP contribution in [0.25, 0.3) is 0 Å². The minimum absolute atomic E-state index is 0.0787. The van der Waals surface area contributed by atoms with Gasteiger partial charge in [-0.2, -0.15) is 10.1 Å². The van der Waals surface area contributed by atoms with E-state index in [2.05, 4.69) is 23.9 Å². The van der Waals surface area contributed by atoms with Crippen molar-refractivity contribution >= 4 is 13.7 Å². The van der Waals surface area contributed by atoms with Gasteiger partial charge in [0, 0.05) is 11.9 Å². The molecule has 1 N–H and O–H groups in total. The lowest BCUT2D eigenvalue weighted by Crippen LogP contribution is -2.36. The Hall–Kier alpha value is -2.56. The van der Waals surface area contributed by atoms with Crippen molar-refractivity contribution in [1.29, 1.82) is 0 Å². The third-order valence-electron chi connectivity index (χ3n) is 5.92. The number of carbonyl (C=O) groups excluding carboxylic acids is 1. The van der Waals surface area contributed by atoms with Gasteiger partial charge in [-0.15, -0.1) is 0 Å². The zero-order chi connectivity index (χ0) is 27.5. The number of hydrogen-bond donors (Lipinski definition) is 1. The lowest BCUT2D eigenvalue weighted by molar-refractivity contribution is -0.146. The van der Waals surface area contributed by atoms with Gasteiger partial charge in [-0.25, -0.2) is 9.36 Å². The van der Waals surface area contributed by atoms with Gasteiger partial charge >= 0.3 is 19.4 Å². The summed E-state index contributed by atoms with van der Waals surface area (Å²) in [6.45, 7) is 7.55. The first-order valence-corrected chi connectivity index (χ1v) is 14.5. The molecule has 210 valence electrons. The number of nitrogens with zero attached hydrogens (tertiary/aromatic N) is 2. The molecule has 0 bridgehead atoms. The molecule has 1 aromatic heterocycles. The van der Waals surface area contributed by atoms with Crippen molar-refractivity contribution in [2.24, 2.45) is 5.92 Å². The number of hydrogen-bond acceptors (Lipinski definition) is 9. The molecule has 2 aromatic rings. The molecule has 1 aliphatic heterocycles. The highest BCUT2D eigenvalue weighted by atomic mass is 31.2. The van der Waals surface area contributed by atoms with Crippen molar-refractivity contribution in [2.75, 3.05) is 19.8 Å². The fraction of sp³-hybridized carbons (Fsp3) is 0.577. The smallest absolute Gasteiger partial charge is 0.459 e. The zero-order valence-electron chi connectivity index (χ0n) is 22.4. The minimum atomic E-state index is -4.08. The average Bonchev–Trinajstić information content (AvgIpc) is 3.35. The van der Waals surface area contributed by atoms with E-state index < -0.39 is 38.0 Å². The molecular weight excluding hydrogens is 513 g/mol. The van der Waals surface area contributed by atoms with Gasteiger partial charge in [0.2, 0.25) is 0 Å². The maximum Gasteiger partial charge on any atom is 0.459 e. The fourth-order valence-corrected chi connectivity index (χ4v) is 5.48. The first-order chi connectivity index (χ1) is 18.2. The van der Waals surface area contributed by atoms with E-state index in [-0.39, 0.29) is 19.1 Å². The predicted molar refractivity (Wildman–Crippen MR) is 141 cm³/mol. The highest BCUT2D eigenvalue weighted by Crippen LogP contribution is 2.45. The van der Waals surface area contributed by atoms with Crippen LogP contribution in [0.4, 0.5) is 0 Å². The summed E-state index contributed by atoms with van der Waals surface area (Å²) >= 11 is 0. The van der Waals surface area contributed by atoms with E-state index in [4.69, 9.17) is 23.3 Å². The standard InChI is InChI=1S/C26H38N3O8P/c1-5-10-21(11-6-2)16-34-25(30)20(4)28-38(32,37-22-12-8-7-9-13-22)35-18-24-33-17-23(36-24)29-15-14-19(3)27-26(29)31/h7-9,12-15,20-21,23-24H,5-6,10-11,16-18H2,1-4H3,(H,28,32)/t20-,23-,24-,38-/m0/s1. The highest BCUT2D eigenvalue weighted by Gasteiger charge is 2.36. The van der Waals surface area contributed by atoms with E-state index in [0.717, 1.165) is 25.7 Å². The molecule has 38 heavy (non-hydrogen) atoms. The molecule has 0 unspecified atom stereocenters. The number of ether oxygens (including phenoxy) is 3. The van der Waals surface area contributed by atoms with Gasteiger partial charge < -0.3 is 18.7 Å². The predicted octanol–water partition coefficient (Wildman–Crippen LogP) is 4.36. The summed E-state index contributed by atoms with van der Waals surface area (Å²) in [5.74, 6) is 0.0197. The van der Waals surface area contributed by atoms with E-state index in [0.29, 0.717) is 18.1 Å². The molecule has 3 rings (SSSR count). The lowest BCUT2D eigenvalue weighted by atomic mass is 9.99. The van der Waals surface area contributed by atoms with Crippen LogP contribution >= 0.6 is 7.75 Å². The molecule has 11 nitrogen and oxygen atoms in total. The summed E-state index contributed by atoms with van der Waals surface area (Å²) in [4.78, 5) is 28.8. The van der Waals surface area contributed by atoms with Gasteiger partial charge in [0.05, 0.1) is 13.2 Å². The van der Waals surface area contributed by atoms with Crippen molar-refractivity contribution in [3.8, 4) is 5.75 Å². The van der Waals surface area contributed by atoms with E-state index in [1.807, 2.05) is 0 Å². The van der Waals surface area contributed by atoms with Gasteiger partial charge in [-0.3, -0.25) is 13.9 Å². The summed E-state index contributed by atoms with van der Waals surface area (Å²) in [6, 6.07) is 9.20. The number of nitrogens with one attached hydrogen (secondary N) is 1. The molecule has 0 aliphatic carbocycles. The van der Waals surface area contributed by atoms with Gasteiger partial charge in [0.1, 0.15) is 18.4 Å². The first kappa shape index (κ1) is 30.0. The Morgan fingerprint density at radius 2 is 1.92 bits per heavy atom. The van der Waals surface area contributed by atoms with Crippen LogP contribution in [0.3, 0.4) is 0 Å². The molecule has 1 fully saturated rings. The lowest BCUT2D eigenvalue weighted by Gasteiger charge is -2.24. The third-order valence-corrected chi connectivity index (χ3v) is 7.57. The maximum atomic E-state index is 13.7. The monoisotopic (exact) mass is 551 g/mol. The molecule has 0 amide bonds. The Balaban J connectivity index is 1.62. The minimum Gasteiger partial charge on any atom is -0.464 e. The average molecular weight is 552 g/mol. The normalized spacial score (nSPS) is 19.7. The van der Waals surface area contributed by atoms with E-state index in [1.54, 1.807) is 49.5 Å². The van der Waals surface area contributed by atoms with Gasteiger partial charge in [0.15, 0.2) is 12.5 Å². The van der Waals surface area contributed by atoms with Crippen LogP contribution in [-0.4, -0.2) is 47.7 Å². The molecular formula is C26H38N3O8P. The number of esters is 1. The maximum absolute atomic E-state index is 13.7. The summed E-state index contributed by atoms with van der Waals surface area (Å²) in [5.41, 5.74) is 0.126. The van der Waals surface area contributed by atoms with Crippen molar-refractivity contribution in [1.82, 2.24) is 14.6 Å². The van der Waals surface area contributed by atoms with Crippen LogP contribution < -0.4 is 15.3 Å². The van der Waals surface area contributed by atoms with Crippen molar-refractivity contribution in [2.45, 2.75) is 71.9 Å². The number of benzene rings is 1. The Kier molecular flexibility index (Phi) is 11.5. The Morgan fingerprint density at radius 3 is 2.58 bits per heavy atom. The number of rotatable bonds is 15. The van der Waals surface area contributed by atoms with Crippen molar-refractivity contribution < 1.29 is 32.6 Å². The topological polar surface area (TPSA) is 127 Å². The van der Waals surface area contributed by atoms with Gasteiger partial charge in [-0.1, -0.05) is 44.9 Å². The zero-order valence-corrected chi connectivity index (χ0v) is 23.3. The van der Waals surface area contributed by atoms with Crippen molar-refractivity contribution in [3.05, 3.63) is 58.8 Å². The van der Waals surface area contributed by atoms with Gasteiger partial charge in [0.25, 0.3) is 0 Å². The molecule has 0 spiro atoms. The SMILES string of the molecule is CCCC(CCC)COC(=O)[C@H](C)N[P@](=O)(OC[C@H]1OC[C@@H](n2ccc(C)nc2=O)O1)Oc1ccccc1. The van der Waals surface area contributed by atoms with Gasteiger partial charge in [-0.05, 0) is 50.8 Å². The van der Waals surface area contributed by atoms with E-state index >= 15 is 0 Å². The summed E-state index contributed by atoms with van der Waals surface area (Å²) in [7, 11) is -4.08. The second-order valence-electron chi connectivity index (χ2n) is 9.23. The Bertz CT molecular complexity index is 1120. The van der Waals surface area contributed by atoms with Crippen LogP contribution in [0.15, 0.2) is 47.4 Å². The molecule has 2 heterocycles. The van der Waals surface area contributed by atoms with Crippen LogP contribution in [0.5, 0.6) is 5.75 Å². The summed E-state index contributed by atoms with van der Waals surface area (Å²) < 4.78 is 43.2. The number of aryl methyl sites for hydroxylation is 1. The molecule has 1 aromatic carbocycles. The molecule has 12 heteroatoms. The second kappa shape index (κ2) is 14.6. The van der Waals surface area contributed by atoms with E-state index in [1.165, 1.54) is 11.5 Å². The third kappa shape index (κ3) is 9.03. The summed E-state index contributed by atoms with van der Waals surface area (Å²) in [6.07, 6.45) is 3.89. The first-order valence-electron chi connectivity index (χ1n) is 13.0. The fourth-order valence-electron chi connectivity index (χ4n) is 4.01. The van der Waals surface area contributed by atoms with E-state index in [9.17, 15) is 14.2 Å². The second-order valence-corrected chi connectivity index (χ2v) is 10.9. The number of para-hydroxylation sites is 1. The van der Waals surface area contributed by atoms with Crippen LogP contribution in [0.1, 0.15) is 58.4 Å². The molecule has 4 atom stereocenters. The number of aromatic nitrogens is 2. The van der Waals surface area contributed by atoms with Crippen LogP contribution in [-0.2, 0) is 28.1 Å². The van der Waals surface area contributed by atoms with Crippen LogP contribution in [0.2, 0.25) is 0 Å².